The molecule has 1 atom stereocenters. The molecule has 0 bridgehead atoms. The van der Waals surface area contributed by atoms with Crippen molar-refractivity contribution in [2.75, 3.05) is 5.32 Å². The minimum Gasteiger partial charge on any atom is -0.481 e. The number of amides is 1. The molecule has 0 aliphatic rings. The number of nitrogens with zero attached hydrogens (tertiary/aromatic N) is 2. The van der Waals surface area contributed by atoms with Crippen molar-refractivity contribution in [2.24, 2.45) is 0 Å². The molecule has 7 heteroatoms. The Morgan fingerprint density at radius 3 is 2.58 bits per heavy atom. The van der Waals surface area contributed by atoms with Crippen LogP contribution in [0.1, 0.15) is 23.7 Å². The minimum atomic E-state index is -0.645. The number of anilines is 1. The maximum Gasteiger partial charge on any atom is 0.265 e. The molecule has 0 spiro atoms. The molecule has 158 valence electrons. The summed E-state index contributed by atoms with van der Waals surface area (Å²) in [4.78, 5) is 30.1. The highest BCUT2D eigenvalue weighted by molar-refractivity contribution is 7.15. The monoisotopic (exact) mass is 433 g/mol. The summed E-state index contributed by atoms with van der Waals surface area (Å²) in [6, 6.07) is 14.8. The fraction of sp³-hybridized carbons (Fsp3) is 0.208. The lowest BCUT2D eigenvalue weighted by Gasteiger charge is -2.17. The summed E-state index contributed by atoms with van der Waals surface area (Å²) in [5.74, 6) is 0.474. The van der Waals surface area contributed by atoms with Gasteiger partial charge in [-0.2, -0.15) is 0 Å². The van der Waals surface area contributed by atoms with Gasteiger partial charge < -0.3 is 10.1 Å². The number of hydrogen-bond donors (Lipinski definition) is 1. The number of ether oxygens (including phenoxy) is 1. The van der Waals surface area contributed by atoms with E-state index in [0.29, 0.717) is 22.1 Å². The highest BCUT2D eigenvalue weighted by atomic mass is 32.1. The van der Waals surface area contributed by atoms with Crippen molar-refractivity contribution in [3.8, 4) is 17.0 Å². The smallest absolute Gasteiger partial charge is 0.265 e. The molecule has 2 heterocycles. The van der Waals surface area contributed by atoms with Crippen LogP contribution in [-0.4, -0.2) is 21.4 Å². The number of aromatic nitrogens is 2. The van der Waals surface area contributed by atoms with E-state index in [4.69, 9.17) is 4.74 Å². The number of thiazole rings is 1. The molecule has 0 saturated heterocycles. The van der Waals surface area contributed by atoms with Crippen molar-refractivity contribution >= 4 is 27.9 Å². The fourth-order valence-electron chi connectivity index (χ4n) is 3.28. The van der Waals surface area contributed by atoms with Crippen LogP contribution in [0.25, 0.3) is 16.2 Å². The quantitative estimate of drug-likeness (QED) is 0.493. The van der Waals surface area contributed by atoms with E-state index in [9.17, 15) is 9.59 Å². The summed E-state index contributed by atoms with van der Waals surface area (Å²) in [5, 5.41) is 4.80. The van der Waals surface area contributed by atoms with Crippen molar-refractivity contribution in [1.82, 2.24) is 9.38 Å². The molecule has 4 aromatic rings. The number of fused-ring (bicyclic) bond motifs is 1. The van der Waals surface area contributed by atoms with Gasteiger partial charge in [-0.05, 0) is 62.6 Å². The van der Waals surface area contributed by atoms with Gasteiger partial charge >= 0.3 is 0 Å². The zero-order valence-electron chi connectivity index (χ0n) is 17.8. The van der Waals surface area contributed by atoms with Crippen molar-refractivity contribution in [3.63, 3.8) is 0 Å². The number of benzene rings is 2. The Kier molecular flexibility index (Phi) is 5.61. The number of carbonyl (C=O) groups excluding carboxylic acids is 1. The van der Waals surface area contributed by atoms with Gasteiger partial charge in [-0.15, -0.1) is 11.3 Å². The van der Waals surface area contributed by atoms with Crippen molar-refractivity contribution in [1.29, 1.82) is 0 Å². The van der Waals surface area contributed by atoms with Crippen molar-refractivity contribution < 1.29 is 9.53 Å². The van der Waals surface area contributed by atoms with Gasteiger partial charge in [0.25, 0.3) is 11.5 Å². The van der Waals surface area contributed by atoms with Crippen LogP contribution >= 0.6 is 11.3 Å². The van der Waals surface area contributed by atoms with E-state index in [-0.39, 0.29) is 11.5 Å². The standard InChI is InChI=1S/C24H23N3O3S/c1-14-5-6-15(2)21(11-14)30-17(4)23(29)26-19-9-7-18(8-10-19)20-13-31-24-25-16(3)12-22(28)27(20)24/h5-13,17H,1-4H3,(H,26,29)/t17-/m1/s1. The molecule has 4 rings (SSSR count). The van der Waals surface area contributed by atoms with E-state index in [1.54, 1.807) is 11.3 Å². The van der Waals surface area contributed by atoms with Crippen LogP contribution in [0.15, 0.2) is 58.7 Å². The van der Waals surface area contributed by atoms with Crippen LogP contribution in [-0.2, 0) is 4.79 Å². The van der Waals surface area contributed by atoms with E-state index in [1.807, 2.05) is 68.6 Å². The van der Waals surface area contributed by atoms with Gasteiger partial charge in [0.2, 0.25) is 0 Å². The predicted molar refractivity (Wildman–Crippen MR) is 124 cm³/mol. The first-order valence-corrected chi connectivity index (χ1v) is 10.8. The largest absolute Gasteiger partial charge is 0.481 e. The summed E-state index contributed by atoms with van der Waals surface area (Å²) >= 11 is 1.42. The second kappa shape index (κ2) is 8.35. The molecule has 0 aliphatic heterocycles. The number of aryl methyl sites for hydroxylation is 3. The molecule has 0 aliphatic carbocycles. The molecular weight excluding hydrogens is 410 g/mol. The number of nitrogens with one attached hydrogen (secondary N) is 1. The second-order valence-corrected chi connectivity index (χ2v) is 8.41. The Labute approximate surface area is 184 Å². The normalized spacial score (nSPS) is 12.0. The zero-order valence-corrected chi connectivity index (χ0v) is 18.6. The average molecular weight is 434 g/mol. The maximum atomic E-state index is 12.6. The van der Waals surface area contributed by atoms with Crippen molar-refractivity contribution in [3.05, 3.63) is 81.1 Å². The van der Waals surface area contributed by atoms with Crippen LogP contribution in [0, 0.1) is 20.8 Å². The first kappa shape index (κ1) is 20.8. The Morgan fingerprint density at radius 1 is 1.10 bits per heavy atom. The van der Waals surface area contributed by atoms with Gasteiger partial charge in [0, 0.05) is 22.8 Å². The molecule has 0 saturated carbocycles. The number of carbonyl (C=O) groups is 1. The molecule has 0 fully saturated rings. The molecule has 0 radical (unpaired) electrons. The summed E-state index contributed by atoms with van der Waals surface area (Å²) in [6.45, 7) is 7.47. The lowest BCUT2D eigenvalue weighted by Crippen LogP contribution is -2.30. The summed E-state index contributed by atoms with van der Waals surface area (Å²) in [7, 11) is 0. The maximum absolute atomic E-state index is 12.6. The fourth-order valence-corrected chi connectivity index (χ4v) is 4.23. The lowest BCUT2D eigenvalue weighted by molar-refractivity contribution is -0.122. The third-order valence-electron chi connectivity index (χ3n) is 5.00. The molecular formula is C24H23N3O3S. The van der Waals surface area contributed by atoms with Crippen LogP contribution < -0.4 is 15.6 Å². The van der Waals surface area contributed by atoms with Crippen LogP contribution in [0.2, 0.25) is 0 Å². The van der Waals surface area contributed by atoms with Crippen LogP contribution in [0.5, 0.6) is 5.75 Å². The Bertz CT molecular complexity index is 1320. The Morgan fingerprint density at radius 2 is 1.84 bits per heavy atom. The van der Waals surface area contributed by atoms with E-state index in [0.717, 1.165) is 22.4 Å². The van der Waals surface area contributed by atoms with Crippen LogP contribution in [0.4, 0.5) is 5.69 Å². The summed E-state index contributed by atoms with van der Waals surface area (Å²) in [6.07, 6.45) is -0.645. The Hall–Kier alpha value is -3.45. The first-order valence-electron chi connectivity index (χ1n) is 9.95. The van der Waals surface area contributed by atoms with E-state index in [2.05, 4.69) is 10.3 Å². The van der Waals surface area contributed by atoms with Gasteiger partial charge in [0.1, 0.15) is 5.75 Å². The van der Waals surface area contributed by atoms with E-state index >= 15 is 0 Å². The third-order valence-corrected chi connectivity index (χ3v) is 5.82. The van der Waals surface area contributed by atoms with Gasteiger partial charge in [-0.3, -0.25) is 14.0 Å². The minimum absolute atomic E-state index is 0.103. The van der Waals surface area contributed by atoms with Crippen molar-refractivity contribution in [2.45, 2.75) is 33.8 Å². The van der Waals surface area contributed by atoms with E-state index < -0.39 is 6.10 Å². The lowest BCUT2D eigenvalue weighted by atomic mass is 10.1. The van der Waals surface area contributed by atoms with Gasteiger partial charge in [0.15, 0.2) is 11.1 Å². The summed E-state index contributed by atoms with van der Waals surface area (Å²) in [5.41, 5.74) is 4.97. The molecule has 1 N–H and O–H groups in total. The first-order chi connectivity index (χ1) is 14.8. The van der Waals surface area contributed by atoms with E-state index in [1.165, 1.54) is 17.4 Å². The third kappa shape index (κ3) is 4.36. The number of rotatable bonds is 5. The molecule has 2 aromatic heterocycles. The number of hydrogen-bond acceptors (Lipinski definition) is 5. The molecule has 0 unspecified atom stereocenters. The highest BCUT2D eigenvalue weighted by Gasteiger charge is 2.16. The van der Waals surface area contributed by atoms with Gasteiger partial charge in [-0.1, -0.05) is 24.3 Å². The predicted octanol–water partition coefficient (Wildman–Crippen LogP) is 4.75. The second-order valence-electron chi connectivity index (χ2n) is 7.57. The average Bonchev–Trinajstić information content (AvgIpc) is 3.15. The van der Waals surface area contributed by atoms with Crippen LogP contribution in [0.3, 0.4) is 0 Å². The summed E-state index contributed by atoms with van der Waals surface area (Å²) < 4.78 is 7.46. The molecule has 31 heavy (non-hydrogen) atoms. The van der Waals surface area contributed by atoms with Gasteiger partial charge in [-0.25, -0.2) is 4.98 Å². The Balaban J connectivity index is 1.49. The highest BCUT2D eigenvalue weighted by Crippen LogP contribution is 2.26. The molecule has 1 amide bonds. The molecule has 6 nitrogen and oxygen atoms in total. The topological polar surface area (TPSA) is 72.7 Å². The molecule has 2 aromatic carbocycles. The SMILES string of the molecule is Cc1ccc(C)c(O[C@H](C)C(=O)Nc2ccc(-c3csc4nc(C)cc(=O)n34)cc2)c1. The zero-order chi connectivity index (χ0) is 22.1. The van der Waals surface area contributed by atoms with Gasteiger partial charge in [0.05, 0.1) is 5.69 Å².